The third-order valence-electron chi connectivity index (χ3n) is 3.75. The zero-order valence-corrected chi connectivity index (χ0v) is 11.3. The lowest BCUT2D eigenvalue weighted by molar-refractivity contribution is -0.128. The van der Waals surface area contributed by atoms with Gasteiger partial charge in [0.15, 0.2) is 0 Å². The first kappa shape index (κ1) is 12.3. The maximum Gasteiger partial charge on any atom is 0.141 e. The zero-order valence-electron chi connectivity index (χ0n) is 11.3. The van der Waals surface area contributed by atoms with Gasteiger partial charge in [-0.05, 0) is 44.2 Å². The van der Waals surface area contributed by atoms with Gasteiger partial charge >= 0.3 is 0 Å². The minimum atomic E-state index is -0.207. The van der Waals surface area contributed by atoms with Crippen molar-refractivity contribution in [2.45, 2.75) is 47.0 Å². The van der Waals surface area contributed by atoms with Crippen molar-refractivity contribution in [1.82, 2.24) is 0 Å². The Kier molecular flexibility index (Phi) is 3.11. The molecule has 0 aromatic heterocycles. The summed E-state index contributed by atoms with van der Waals surface area (Å²) in [4.78, 5) is 12.2. The monoisotopic (exact) mass is 230 g/mol. The van der Waals surface area contributed by atoms with E-state index in [0.717, 1.165) is 19.3 Å². The first-order chi connectivity index (χ1) is 7.90. The van der Waals surface area contributed by atoms with E-state index in [-0.39, 0.29) is 5.41 Å². The van der Waals surface area contributed by atoms with Crippen LogP contribution in [0.25, 0.3) is 0 Å². The maximum absolute atomic E-state index is 12.2. The Morgan fingerprint density at radius 1 is 1.29 bits per heavy atom. The van der Waals surface area contributed by atoms with Crippen molar-refractivity contribution in [2.75, 3.05) is 0 Å². The molecule has 1 aliphatic carbocycles. The van der Waals surface area contributed by atoms with E-state index in [2.05, 4.69) is 45.9 Å². The van der Waals surface area contributed by atoms with Crippen molar-refractivity contribution in [3.05, 3.63) is 34.9 Å². The normalized spacial score (nSPS) is 16.0. The fourth-order valence-electron chi connectivity index (χ4n) is 2.51. The van der Waals surface area contributed by atoms with E-state index in [1.165, 1.54) is 16.7 Å². The van der Waals surface area contributed by atoms with E-state index >= 15 is 0 Å². The van der Waals surface area contributed by atoms with Gasteiger partial charge in [0.2, 0.25) is 0 Å². The molecule has 17 heavy (non-hydrogen) atoms. The Hall–Kier alpha value is -1.11. The van der Waals surface area contributed by atoms with E-state index in [1.54, 1.807) is 0 Å². The summed E-state index contributed by atoms with van der Waals surface area (Å²) in [5.41, 5.74) is 3.70. The van der Waals surface area contributed by atoms with Gasteiger partial charge in [0.1, 0.15) is 5.78 Å². The molecular weight excluding hydrogens is 208 g/mol. The van der Waals surface area contributed by atoms with Crippen LogP contribution in [0.5, 0.6) is 0 Å². The molecule has 0 atom stereocenters. The topological polar surface area (TPSA) is 17.1 Å². The third-order valence-corrected chi connectivity index (χ3v) is 3.75. The first-order valence-electron chi connectivity index (χ1n) is 6.50. The summed E-state index contributed by atoms with van der Waals surface area (Å²) in [5, 5.41) is 0. The molecule has 0 N–H and O–H groups in total. The molecule has 1 heteroatoms. The summed E-state index contributed by atoms with van der Waals surface area (Å²) in [6, 6.07) is 6.51. The largest absolute Gasteiger partial charge is 0.299 e. The SMILES string of the molecule is Cc1ccc(CC(C)(C)C(=O)C2CC2)c(C)c1. The van der Waals surface area contributed by atoms with E-state index < -0.39 is 0 Å². The molecule has 0 radical (unpaired) electrons. The zero-order chi connectivity index (χ0) is 12.6. The number of carbonyl (C=O) groups excluding carboxylic acids is 1. The van der Waals surface area contributed by atoms with Crippen LogP contribution in [0.1, 0.15) is 43.4 Å². The van der Waals surface area contributed by atoms with Crippen LogP contribution in [0.2, 0.25) is 0 Å². The second kappa shape index (κ2) is 4.29. The second-order valence-corrected chi connectivity index (χ2v) is 6.13. The quantitative estimate of drug-likeness (QED) is 0.767. The minimum Gasteiger partial charge on any atom is -0.299 e. The molecular formula is C16H22O. The Morgan fingerprint density at radius 3 is 2.47 bits per heavy atom. The number of hydrogen-bond donors (Lipinski definition) is 0. The summed E-state index contributed by atoms with van der Waals surface area (Å²) in [6.45, 7) is 8.43. The fraction of sp³-hybridized carbons (Fsp3) is 0.562. The van der Waals surface area contributed by atoms with Gasteiger partial charge in [-0.25, -0.2) is 0 Å². The van der Waals surface area contributed by atoms with Crippen LogP contribution in [-0.2, 0) is 11.2 Å². The summed E-state index contributed by atoms with van der Waals surface area (Å²) >= 11 is 0. The summed E-state index contributed by atoms with van der Waals surface area (Å²) in [6.07, 6.45) is 3.08. The average Bonchev–Trinajstić information content (AvgIpc) is 3.04. The van der Waals surface area contributed by atoms with Crippen LogP contribution in [0, 0.1) is 25.2 Å². The molecule has 0 aliphatic heterocycles. The second-order valence-electron chi connectivity index (χ2n) is 6.13. The highest BCUT2D eigenvalue weighted by atomic mass is 16.1. The van der Waals surface area contributed by atoms with Crippen LogP contribution in [0.3, 0.4) is 0 Å². The van der Waals surface area contributed by atoms with Crippen molar-refractivity contribution < 1.29 is 4.79 Å². The van der Waals surface area contributed by atoms with Crippen molar-refractivity contribution >= 4 is 5.78 Å². The molecule has 0 amide bonds. The van der Waals surface area contributed by atoms with Gasteiger partial charge in [0.25, 0.3) is 0 Å². The highest BCUT2D eigenvalue weighted by molar-refractivity contribution is 5.88. The summed E-state index contributed by atoms with van der Waals surface area (Å²) in [7, 11) is 0. The smallest absolute Gasteiger partial charge is 0.141 e. The predicted molar refractivity (Wildman–Crippen MR) is 71.1 cm³/mol. The van der Waals surface area contributed by atoms with Crippen LogP contribution in [0.15, 0.2) is 18.2 Å². The van der Waals surface area contributed by atoms with Crippen molar-refractivity contribution in [3.8, 4) is 0 Å². The van der Waals surface area contributed by atoms with Gasteiger partial charge in [-0.2, -0.15) is 0 Å². The number of ketones is 1. The molecule has 0 bridgehead atoms. The lowest BCUT2D eigenvalue weighted by Crippen LogP contribution is -2.28. The Morgan fingerprint density at radius 2 is 1.94 bits per heavy atom. The van der Waals surface area contributed by atoms with Crippen molar-refractivity contribution in [3.63, 3.8) is 0 Å². The van der Waals surface area contributed by atoms with Gasteiger partial charge < -0.3 is 0 Å². The number of benzene rings is 1. The average molecular weight is 230 g/mol. The molecule has 1 saturated carbocycles. The third kappa shape index (κ3) is 2.77. The van der Waals surface area contributed by atoms with Crippen LogP contribution < -0.4 is 0 Å². The number of carbonyl (C=O) groups is 1. The Bertz CT molecular complexity index is 439. The molecule has 92 valence electrons. The number of Topliss-reactive ketones (excluding diaryl/α,β-unsaturated/α-hetero) is 1. The lowest BCUT2D eigenvalue weighted by atomic mass is 9.79. The van der Waals surface area contributed by atoms with Crippen LogP contribution in [-0.4, -0.2) is 5.78 Å². The molecule has 1 nitrogen and oxygen atoms in total. The molecule has 0 unspecified atom stereocenters. The number of hydrogen-bond acceptors (Lipinski definition) is 1. The van der Waals surface area contributed by atoms with Gasteiger partial charge in [0.05, 0.1) is 0 Å². The maximum atomic E-state index is 12.2. The highest BCUT2D eigenvalue weighted by Crippen LogP contribution is 2.38. The molecule has 1 aromatic rings. The summed E-state index contributed by atoms with van der Waals surface area (Å²) in [5.74, 6) is 0.813. The fourth-order valence-corrected chi connectivity index (χ4v) is 2.51. The molecule has 1 aliphatic rings. The van der Waals surface area contributed by atoms with Gasteiger partial charge in [-0.15, -0.1) is 0 Å². The molecule has 0 heterocycles. The van der Waals surface area contributed by atoms with Gasteiger partial charge in [0, 0.05) is 11.3 Å². The van der Waals surface area contributed by atoms with Crippen LogP contribution in [0.4, 0.5) is 0 Å². The highest BCUT2D eigenvalue weighted by Gasteiger charge is 2.39. The van der Waals surface area contributed by atoms with Gasteiger partial charge in [-0.1, -0.05) is 37.6 Å². The van der Waals surface area contributed by atoms with E-state index in [9.17, 15) is 4.79 Å². The first-order valence-corrected chi connectivity index (χ1v) is 6.50. The van der Waals surface area contributed by atoms with Crippen LogP contribution >= 0.6 is 0 Å². The van der Waals surface area contributed by atoms with Crippen molar-refractivity contribution in [2.24, 2.45) is 11.3 Å². The predicted octanol–water partition coefficient (Wildman–Crippen LogP) is 3.85. The lowest BCUT2D eigenvalue weighted by Gasteiger charge is -2.24. The molecule has 0 spiro atoms. The number of rotatable bonds is 4. The van der Waals surface area contributed by atoms with Gasteiger partial charge in [-0.3, -0.25) is 4.79 Å². The van der Waals surface area contributed by atoms with E-state index in [4.69, 9.17) is 0 Å². The molecule has 1 aromatic carbocycles. The molecule has 1 fully saturated rings. The molecule has 2 rings (SSSR count). The minimum absolute atomic E-state index is 0.207. The van der Waals surface area contributed by atoms with E-state index in [0.29, 0.717) is 11.7 Å². The standard InChI is InChI=1S/C16H22O/c1-11-5-6-14(12(2)9-11)10-16(3,4)15(17)13-7-8-13/h5-6,9,13H,7-8,10H2,1-4H3. The van der Waals surface area contributed by atoms with E-state index in [1.807, 2.05) is 0 Å². The number of aryl methyl sites for hydroxylation is 2. The Labute approximate surface area is 104 Å². The molecule has 0 saturated heterocycles. The Balaban J connectivity index is 2.16. The van der Waals surface area contributed by atoms with Crippen molar-refractivity contribution in [1.29, 1.82) is 0 Å². The summed E-state index contributed by atoms with van der Waals surface area (Å²) < 4.78 is 0.